The molecule has 0 aliphatic heterocycles. The van der Waals surface area contributed by atoms with Crippen LogP contribution in [0.4, 0.5) is 4.39 Å². The molecule has 2 aromatic rings. The zero-order valence-corrected chi connectivity index (χ0v) is 9.86. The van der Waals surface area contributed by atoms with Crippen molar-refractivity contribution in [2.45, 2.75) is 13.8 Å². The Balaban J connectivity index is 2.57. The molecule has 2 rings (SSSR count). The van der Waals surface area contributed by atoms with Crippen LogP contribution in [0, 0.1) is 24.3 Å². The summed E-state index contributed by atoms with van der Waals surface area (Å²) in [6.45, 7) is 3.87. The summed E-state index contributed by atoms with van der Waals surface area (Å²) in [5.41, 5.74) is 2.79. The molecule has 2 nitrogen and oxygen atoms in total. The highest BCUT2D eigenvalue weighted by Gasteiger charge is 2.03. The average molecular weight is 234 g/mol. The van der Waals surface area contributed by atoms with Crippen molar-refractivity contribution < 1.29 is 4.39 Å². The Labute approximate surface area is 98.2 Å². The highest BCUT2D eigenvalue weighted by atomic mass is 32.1. The molecule has 0 atom stereocenters. The molecule has 0 radical (unpaired) electrons. The SMILES string of the molecule is Cc1[nH]c(-c2ccc(F)cc2)nc(=S)c1C. The topological polar surface area (TPSA) is 28.7 Å². The fourth-order valence-corrected chi connectivity index (χ4v) is 1.63. The normalized spacial score (nSPS) is 10.4. The number of nitrogens with zero attached hydrogens (tertiary/aromatic N) is 1. The second-order valence-electron chi connectivity index (χ2n) is 3.65. The molecule has 0 unspecified atom stereocenters. The first-order valence-corrected chi connectivity index (χ1v) is 5.32. The summed E-state index contributed by atoms with van der Waals surface area (Å²) in [4.78, 5) is 7.42. The van der Waals surface area contributed by atoms with Crippen molar-refractivity contribution in [2.75, 3.05) is 0 Å². The van der Waals surface area contributed by atoms with Crippen LogP contribution < -0.4 is 0 Å². The molecule has 0 spiro atoms. The van der Waals surface area contributed by atoms with Gasteiger partial charge >= 0.3 is 0 Å². The van der Waals surface area contributed by atoms with Gasteiger partial charge in [-0.1, -0.05) is 12.2 Å². The lowest BCUT2D eigenvalue weighted by Gasteiger charge is -2.05. The Bertz CT molecular complexity index is 573. The van der Waals surface area contributed by atoms with Gasteiger partial charge in [0.25, 0.3) is 0 Å². The van der Waals surface area contributed by atoms with E-state index in [1.165, 1.54) is 12.1 Å². The predicted octanol–water partition coefficient (Wildman–Crippen LogP) is 3.56. The molecular weight excluding hydrogens is 223 g/mol. The summed E-state index contributed by atoms with van der Waals surface area (Å²) < 4.78 is 13.4. The number of nitrogens with one attached hydrogen (secondary N) is 1. The Hall–Kier alpha value is -1.55. The van der Waals surface area contributed by atoms with Crippen molar-refractivity contribution in [3.8, 4) is 11.4 Å². The van der Waals surface area contributed by atoms with E-state index < -0.39 is 0 Å². The lowest BCUT2D eigenvalue weighted by molar-refractivity contribution is 0.628. The highest BCUT2D eigenvalue weighted by Crippen LogP contribution is 2.17. The van der Waals surface area contributed by atoms with Crippen molar-refractivity contribution in [3.63, 3.8) is 0 Å². The number of halogens is 1. The average Bonchev–Trinajstić information content (AvgIpc) is 2.26. The number of aryl methyl sites for hydroxylation is 1. The van der Waals surface area contributed by atoms with E-state index >= 15 is 0 Å². The summed E-state index contributed by atoms with van der Waals surface area (Å²) in [6, 6.07) is 6.17. The van der Waals surface area contributed by atoms with Gasteiger partial charge in [-0.05, 0) is 38.1 Å². The quantitative estimate of drug-likeness (QED) is 0.764. The number of aromatic amines is 1. The van der Waals surface area contributed by atoms with Gasteiger partial charge in [-0.2, -0.15) is 0 Å². The van der Waals surface area contributed by atoms with E-state index in [9.17, 15) is 4.39 Å². The fraction of sp³-hybridized carbons (Fsp3) is 0.167. The monoisotopic (exact) mass is 234 g/mol. The lowest BCUT2D eigenvalue weighted by Crippen LogP contribution is -1.96. The Morgan fingerprint density at radius 1 is 1.19 bits per heavy atom. The molecule has 0 aliphatic carbocycles. The van der Waals surface area contributed by atoms with Crippen LogP contribution in [-0.4, -0.2) is 9.97 Å². The molecule has 4 heteroatoms. The third-order valence-corrected chi connectivity index (χ3v) is 2.92. The largest absolute Gasteiger partial charge is 0.343 e. The molecule has 1 aromatic carbocycles. The Morgan fingerprint density at radius 3 is 2.38 bits per heavy atom. The molecule has 82 valence electrons. The second-order valence-corrected chi connectivity index (χ2v) is 4.03. The van der Waals surface area contributed by atoms with E-state index in [2.05, 4.69) is 9.97 Å². The highest BCUT2D eigenvalue weighted by molar-refractivity contribution is 7.71. The maximum atomic E-state index is 12.8. The van der Waals surface area contributed by atoms with Crippen molar-refractivity contribution in [2.24, 2.45) is 0 Å². The summed E-state index contributed by atoms with van der Waals surface area (Å²) in [6.07, 6.45) is 0. The maximum absolute atomic E-state index is 12.8. The number of hydrogen-bond acceptors (Lipinski definition) is 2. The maximum Gasteiger partial charge on any atom is 0.139 e. The van der Waals surface area contributed by atoms with Gasteiger partial charge in [0.05, 0.1) is 0 Å². The van der Waals surface area contributed by atoms with E-state index in [1.54, 1.807) is 12.1 Å². The number of rotatable bonds is 1. The van der Waals surface area contributed by atoms with Crippen molar-refractivity contribution >= 4 is 12.2 Å². The van der Waals surface area contributed by atoms with Crippen LogP contribution in [0.25, 0.3) is 11.4 Å². The molecule has 0 saturated carbocycles. The standard InChI is InChI=1S/C12H11FN2S/c1-7-8(2)14-11(15-12(7)16)9-3-5-10(13)6-4-9/h3-6H,1-2H3,(H,14,15,16). The van der Waals surface area contributed by atoms with Gasteiger partial charge in [-0.3, -0.25) is 0 Å². The zero-order chi connectivity index (χ0) is 11.7. The van der Waals surface area contributed by atoms with Gasteiger partial charge in [0, 0.05) is 16.8 Å². The molecule has 0 bridgehead atoms. The van der Waals surface area contributed by atoms with E-state index in [0.29, 0.717) is 10.5 Å². The summed E-state index contributed by atoms with van der Waals surface area (Å²) >= 11 is 5.15. The number of benzene rings is 1. The Morgan fingerprint density at radius 2 is 1.81 bits per heavy atom. The van der Waals surface area contributed by atoms with Gasteiger partial charge in [0.15, 0.2) is 0 Å². The van der Waals surface area contributed by atoms with Crippen LogP contribution in [0.2, 0.25) is 0 Å². The summed E-state index contributed by atoms with van der Waals surface area (Å²) in [7, 11) is 0. The van der Waals surface area contributed by atoms with E-state index in [4.69, 9.17) is 12.2 Å². The van der Waals surface area contributed by atoms with Gasteiger partial charge in [0.2, 0.25) is 0 Å². The fourth-order valence-electron chi connectivity index (χ4n) is 1.39. The van der Waals surface area contributed by atoms with Gasteiger partial charge in [-0.15, -0.1) is 0 Å². The van der Waals surface area contributed by atoms with Crippen molar-refractivity contribution in [3.05, 3.63) is 46.0 Å². The molecular formula is C12H11FN2S. The van der Waals surface area contributed by atoms with Crippen LogP contribution in [0.15, 0.2) is 24.3 Å². The predicted molar refractivity (Wildman–Crippen MR) is 64.3 cm³/mol. The first-order chi connectivity index (χ1) is 7.58. The minimum absolute atomic E-state index is 0.258. The zero-order valence-electron chi connectivity index (χ0n) is 9.04. The lowest BCUT2D eigenvalue weighted by atomic mass is 10.2. The minimum atomic E-state index is -0.258. The molecule has 0 saturated heterocycles. The number of H-pyrrole nitrogens is 1. The van der Waals surface area contributed by atoms with E-state index in [0.717, 1.165) is 16.8 Å². The third kappa shape index (κ3) is 2.02. The van der Waals surface area contributed by atoms with Crippen LogP contribution in [0.5, 0.6) is 0 Å². The number of hydrogen-bond donors (Lipinski definition) is 1. The molecule has 0 fully saturated rings. The minimum Gasteiger partial charge on any atom is -0.343 e. The molecule has 0 amide bonds. The molecule has 0 aliphatic rings. The van der Waals surface area contributed by atoms with Crippen LogP contribution in [0.1, 0.15) is 11.3 Å². The van der Waals surface area contributed by atoms with Crippen molar-refractivity contribution in [1.82, 2.24) is 9.97 Å². The smallest absolute Gasteiger partial charge is 0.139 e. The third-order valence-electron chi connectivity index (χ3n) is 2.52. The van der Waals surface area contributed by atoms with E-state index in [1.807, 2.05) is 13.8 Å². The summed E-state index contributed by atoms with van der Waals surface area (Å²) in [5, 5.41) is 0. The molecule has 16 heavy (non-hydrogen) atoms. The van der Waals surface area contributed by atoms with Gasteiger partial charge < -0.3 is 4.98 Å². The molecule has 1 aromatic heterocycles. The molecule has 1 N–H and O–H groups in total. The van der Waals surface area contributed by atoms with Crippen LogP contribution in [-0.2, 0) is 0 Å². The second kappa shape index (κ2) is 4.14. The molecule has 1 heterocycles. The first kappa shape index (κ1) is 11.0. The van der Waals surface area contributed by atoms with Gasteiger partial charge in [-0.25, -0.2) is 9.37 Å². The number of aromatic nitrogens is 2. The van der Waals surface area contributed by atoms with Crippen LogP contribution in [0.3, 0.4) is 0 Å². The van der Waals surface area contributed by atoms with Crippen molar-refractivity contribution in [1.29, 1.82) is 0 Å². The Kier molecular flexibility index (Phi) is 2.83. The first-order valence-electron chi connectivity index (χ1n) is 4.91. The van der Waals surface area contributed by atoms with E-state index in [-0.39, 0.29) is 5.82 Å². The van der Waals surface area contributed by atoms with Crippen LogP contribution >= 0.6 is 12.2 Å². The van der Waals surface area contributed by atoms with Gasteiger partial charge in [0.1, 0.15) is 16.3 Å². The summed E-state index contributed by atoms with van der Waals surface area (Å²) in [5.74, 6) is 0.416.